The number of aryl methyl sites for hydroxylation is 3. The number of anilines is 3. The van der Waals surface area contributed by atoms with Crippen molar-refractivity contribution in [1.82, 2.24) is 58.7 Å². The molecule has 0 atom stereocenters. The zero-order valence-corrected chi connectivity index (χ0v) is 64.0. The average molecular weight is 1450 g/mol. The summed E-state index contributed by atoms with van der Waals surface area (Å²) in [6.07, 6.45) is -0.864. The van der Waals surface area contributed by atoms with Gasteiger partial charge >= 0.3 is 12.2 Å². The Morgan fingerprint density at radius 2 is 0.769 bits per heavy atom. The lowest BCUT2D eigenvalue weighted by molar-refractivity contribution is 0.0273. The zero-order valence-electron chi connectivity index (χ0n) is 64.0. The lowest BCUT2D eigenvalue weighted by Crippen LogP contribution is -2.34. The summed E-state index contributed by atoms with van der Waals surface area (Å²) in [4.78, 5) is 81.6. The van der Waals surface area contributed by atoms with Crippen LogP contribution < -0.4 is 32.7 Å². The second-order valence-corrected chi connectivity index (χ2v) is 28.0. The number of carbonyl (C=O) groups is 4. The molecule has 6 heterocycles. The first kappa shape index (κ1) is 79.8. The van der Waals surface area contributed by atoms with Crippen LogP contribution in [0.5, 0.6) is 0 Å². The van der Waals surface area contributed by atoms with Gasteiger partial charge in [0.05, 0.1) is 58.4 Å². The quantitative estimate of drug-likeness (QED) is 0.0386. The third-order valence-corrected chi connectivity index (χ3v) is 17.5. The van der Waals surface area contributed by atoms with Crippen LogP contribution in [-0.2, 0) is 48.7 Å². The number of nitrogens with zero attached hydrogens (tertiary/aromatic N) is 12. The highest BCUT2D eigenvalue weighted by molar-refractivity contribution is 6.75. The molecule has 0 fully saturated rings. The molecule has 4 radical (unpaired) electrons. The van der Waals surface area contributed by atoms with Gasteiger partial charge in [0, 0.05) is 117 Å². The van der Waals surface area contributed by atoms with E-state index in [4.69, 9.17) is 50.8 Å². The monoisotopic (exact) mass is 1450 g/mol. The Morgan fingerprint density at radius 1 is 0.454 bits per heavy atom. The van der Waals surface area contributed by atoms with Crippen molar-refractivity contribution < 1.29 is 28.7 Å². The van der Waals surface area contributed by atoms with E-state index in [-0.39, 0.29) is 13.1 Å². The van der Waals surface area contributed by atoms with Gasteiger partial charge in [0.1, 0.15) is 28.7 Å². The number of nitriles is 1. The maximum absolute atomic E-state index is 12.7. The number of hydrogen-bond donors (Lipinski definition) is 6. The zero-order chi connectivity index (χ0) is 78.3. The molecule has 552 valence electrons. The number of ether oxygens (including phenoxy) is 2. The molecule has 12 aromatic rings. The minimum atomic E-state index is -0.612. The number of amides is 4. The molecule has 6 aromatic carbocycles. The van der Waals surface area contributed by atoms with Crippen LogP contribution in [0.2, 0.25) is 0 Å². The van der Waals surface area contributed by atoms with Crippen LogP contribution >= 0.6 is 0 Å². The van der Waals surface area contributed by atoms with Gasteiger partial charge in [-0.1, -0.05) is 109 Å². The van der Waals surface area contributed by atoms with Crippen LogP contribution in [0.25, 0.3) is 50.6 Å². The molecule has 12 rings (SSSR count). The molecule has 6 aromatic heterocycles. The van der Waals surface area contributed by atoms with E-state index in [0.717, 1.165) is 89.1 Å². The molecule has 8 N–H and O–H groups in total. The topological polar surface area (TPSA) is 309 Å². The first-order valence-corrected chi connectivity index (χ1v) is 35.2. The van der Waals surface area contributed by atoms with E-state index < -0.39 is 35.2 Å². The van der Waals surface area contributed by atoms with Gasteiger partial charge in [-0.25, -0.2) is 24.5 Å². The summed E-state index contributed by atoms with van der Waals surface area (Å²) in [7, 11) is 13.3. The van der Waals surface area contributed by atoms with Gasteiger partial charge in [0.2, 0.25) is 29.7 Å². The number of nitrogens with two attached hydrogens (primary N) is 2. The summed E-state index contributed by atoms with van der Waals surface area (Å²) >= 11 is 0. The number of benzene rings is 6. The van der Waals surface area contributed by atoms with Gasteiger partial charge in [-0.05, 0) is 161 Å². The smallest absolute Gasteiger partial charge is 0.410 e. The number of carbonyl (C=O) groups excluding carboxylic acids is 4. The van der Waals surface area contributed by atoms with Crippen molar-refractivity contribution in [3.63, 3.8) is 0 Å². The molecule has 0 unspecified atom stereocenters. The van der Waals surface area contributed by atoms with Crippen molar-refractivity contribution in [3.8, 4) is 23.9 Å². The van der Waals surface area contributed by atoms with E-state index >= 15 is 0 Å². The molecule has 26 heteroatoms. The van der Waals surface area contributed by atoms with Gasteiger partial charge in [-0.15, -0.1) is 0 Å². The molecule has 0 bridgehead atoms. The molecule has 0 saturated carbocycles. The minimum Gasteiger partial charge on any atom is -0.444 e. The third kappa shape index (κ3) is 19.4. The standard InChI is InChI=1S/C29H34N6O3.C29H32N6O2.C24H26N6O.B2/c1-18-15-22-21(25(30)36)13-10-14-24(22)35(18)27-32-23(17-34(6)28(37)38-29(3,4)5)19(2)26(33-27)31-16-20-11-8-7-9-12-20;1-19-15-23-22(16-30)13-10-14-25(23)35(19)27-32-24(18-34(6)28(36)37-29(3,4)5)20(2)26(33-27)31-17-21-11-8-7-9-12-21;1-15-12-19-18(22(25)31)10-7-11-21(19)30(15)24-28-20(14-26-3)16(2)23(29-24)27-13-17-8-5-4-6-9-17;1-2/h7-15H,16-17H2,1-6H3,(H2,30,36)(H,31,32,33);7-15H,17-18H2,1-6H3,(H,31,32,33);4-12,26H,13-14H2,1-3H3,(H2,25,31)(H,27,28,29);. The van der Waals surface area contributed by atoms with Crippen molar-refractivity contribution in [2.45, 2.75) is 134 Å². The van der Waals surface area contributed by atoms with E-state index in [2.05, 4.69) is 67.1 Å². The molecule has 0 aliphatic carbocycles. The Kier molecular flexibility index (Phi) is 26.0. The van der Waals surface area contributed by atoms with E-state index in [1.54, 1.807) is 38.4 Å². The van der Waals surface area contributed by atoms with Gasteiger partial charge < -0.3 is 52.0 Å². The summed E-state index contributed by atoms with van der Waals surface area (Å²) < 4.78 is 16.9. The van der Waals surface area contributed by atoms with Gasteiger partial charge in [-0.3, -0.25) is 23.3 Å². The molecule has 108 heavy (non-hydrogen) atoms. The van der Waals surface area contributed by atoms with Crippen LogP contribution in [0.3, 0.4) is 0 Å². The number of hydrogen-bond acceptors (Lipinski definition) is 17. The number of aromatic nitrogens is 9. The number of fused-ring (bicyclic) bond motifs is 3. The fraction of sp³-hybridized carbons (Fsp3) is 0.280. The van der Waals surface area contributed by atoms with Crippen molar-refractivity contribution in [1.29, 1.82) is 5.26 Å². The second-order valence-electron chi connectivity index (χ2n) is 28.0. The first-order valence-electron chi connectivity index (χ1n) is 35.2. The van der Waals surface area contributed by atoms with E-state index in [0.29, 0.717) is 83.7 Å². The van der Waals surface area contributed by atoms with Gasteiger partial charge in [-0.2, -0.15) is 20.2 Å². The van der Waals surface area contributed by atoms with Gasteiger partial charge in [0.25, 0.3) is 0 Å². The van der Waals surface area contributed by atoms with Crippen molar-refractivity contribution in [2.75, 3.05) is 37.1 Å². The fourth-order valence-corrected chi connectivity index (χ4v) is 12.1. The summed E-state index contributed by atoms with van der Waals surface area (Å²) in [6.45, 7) is 25.7. The van der Waals surface area contributed by atoms with E-state index in [1.165, 1.54) is 15.4 Å². The summed E-state index contributed by atoms with van der Waals surface area (Å²) in [5.41, 5.74) is 25.0. The molecular weight excluding hydrogens is 1350 g/mol. The lowest BCUT2D eigenvalue weighted by Gasteiger charge is -2.25. The molecule has 4 amide bonds. The first-order chi connectivity index (χ1) is 51.5. The van der Waals surface area contributed by atoms with Crippen molar-refractivity contribution in [3.05, 3.63) is 248 Å². The molecule has 0 spiro atoms. The third-order valence-electron chi connectivity index (χ3n) is 17.5. The summed E-state index contributed by atoms with van der Waals surface area (Å²) in [5.74, 6) is 2.62. The number of nitrogens with one attached hydrogen (secondary N) is 4. The Labute approximate surface area is 633 Å². The van der Waals surface area contributed by atoms with Crippen molar-refractivity contribution in [2.24, 2.45) is 11.5 Å². The molecule has 0 saturated heterocycles. The maximum Gasteiger partial charge on any atom is 0.410 e. The Morgan fingerprint density at radius 3 is 1.09 bits per heavy atom. The molecule has 0 aliphatic heterocycles. The molecule has 0 aliphatic rings. The maximum atomic E-state index is 12.7. The average Bonchev–Trinajstić information content (AvgIpc) is 1.63. The highest BCUT2D eigenvalue weighted by atomic mass is 16.6. The van der Waals surface area contributed by atoms with Crippen LogP contribution in [0, 0.1) is 52.9 Å². The summed E-state index contributed by atoms with van der Waals surface area (Å²) in [5, 5.41) is 25.5. The minimum absolute atomic E-state index is 0.223. The largest absolute Gasteiger partial charge is 0.444 e. The molecular formula is C82H92B2N18O6. The fourth-order valence-electron chi connectivity index (χ4n) is 12.1. The normalized spacial score (nSPS) is 11.1. The second kappa shape index (κ2) is 35.2. The Hall–Kier alpha value is -12.4. The summed E-state index contributed by atoms with van der Waals surface area (Å²) in [6, 6.07) is 54.9. The predicted octanol–water partition coefficient (Wildman–Crippen LogP) is 13.7. The van der Waals surface area contributed by atoms with Crippen LogP contribution in [0.4, 0.5) is 27.0 Å². The van der Waals surface area contributed by atoms with Crippen molar-refractivity contribution >= 4 is 89.6 Å². The van der Waals surface area contributed by atoms with Gasteiger partial charge in [0.15, 0.2) is 0 Å². The van der Waals surface area contributed by atoms with Crippen LogP contribution in [-0.4, -0.2) is 125 Å². The molecule has 24 nitrogen and oxygen atoms in total. The predicted molar refractivity (Wildman–Crippen MR) is 428 cm³/mol. The number of primary amides is 2. The Bertz CT molecular complexity index is 5260. The van der Waals surface area contributed by atoms with Crippen LogP contribution in [0.1, 0.15) is 135 Å². The van der Waals surface area contributed by atoms with E-state index in [1.807, 2.05) is 219 Å². The number of rotatable bonds is 20. The highest BCUT2D eigenvalue weighted by Crippen LogP contribution is 2.32. The Balaban J connectivity index is 0.000000186. The lowest BCUT2D eigenvalue weighted by atomic mass is 9.81. The van der Waals surface area contributed by atoms with Crippen LogP contribution in [0.15, 0.2) is 164 Å². The highest BCUT2D eigenvalue weighted by Gasteiger charge is 2.27. The SMILES string of the molecule is CNCc1nc(-n2c(C)cc3c(C(N)=O)cccc32)nc(NCc2ccccc2)c1C.Cc1c(CN(C)C(=O)OC(C)(C)C)nc(-n2c(C)cc3c(C#N)cccc32)nc1NCc1ccccc1.Cc1c(CN(C)C(=O)OC(C)(C)C)nc(-n2c(C)cc3c(C(N)=O)cccc32)nc1NCc1ccccc1.[B][B]. The van der Waals surface area contributed by atoms with E-state index in [9.17, 15) is 24.4 Å².